The molecule has 0 aromatic carbocycles. The lowest BCUT2D eigenvalue weighted by Gasteiger charge is -2.10. The highest BCUT2D eigenvalue weighted by Crippen LogP contribution is 2.19. The van der Waals surface area contributed by atoms with Gasteiger partial charge >= 0.3 is 0 Å². The molecule has 0 nitrogen and oxygen atoms in total. The van der Waals surface area contributed by atoms with Gasteiger partial charge in [0.1, 0.15) is 0 Å². The molecule has 31 heavy (non-hydrogen) atoms. The number of hydrogen-bond acceptors (Lipinski definition) is 0. The average Bonchev–Trinajstić information content (AvgIpc) is 2.75. The maximum absolute atomic E-state index is 2.47. The van der Waals surface area contributed by atoms with Gasteiger partial charge in [-0.2, -0.15) is 0 Å². The van der Waals surface area contributed by atoms with Crippen molar-refractivity contribution in [3.05, 3.63) is 0 Å². The molecule has 0 spiro atoms. The monoisotopic (exact) mass is 437 g/mol. The minimum Gasteiger partial charge on any atom is -0.0654 e. The number of unbranched alkanes of at least 4 members (excludes halogenated alkanes) is 20. The van der Waals surface area contributed by atoms with Gasteiger partial charge in [-0.05, 0) is 11.8 Å². The fraction of sp³-hybridized carbons (Fsp3) is 1.00. The van der Waals surface area contributed by atoms with Crippen molar-refractivity contribution in [3.63, 3.8) is 0 Å². The SMILES string of the molecule is CCCCCCC(C)CCCCCCCCCCCCCCCCCCCCC(C)C. The van der Waals surface area contributed by atoms with Gasteiger partial charge in [0.15, 0.2) is 0 Å². The van der Waals surface area contributed by atoms with Crippen molar-refractivity contribution in [3.8, 4) is 0 Å². The molecular formula is C31H64. The smallest absolute Gasteiger partial charge is 0.0443 e. The van der Waals surface area contributed by atoms with Gasteiger partial charge in [0, 0.05) is 0 Å². The molecule has 0 aromatic heterocycles. The van der Waals surface area contributed by atoms with Crippen LogP contribution in [0.25, 0.3) is 0 Å². The van der Waals surface area contributed by atoms with Crippen LogP contribution in [0, 0.1) is 11.8 Å². The van der Waals surface area contributed by atoms with Crippen molar-refractivity contribution in [2.24, 2.45) is 11.8 Å². The molecule has 1 unspecified atom stereocenters. The Morgan fingerprint density at radius 2 is 0.581 bits per heavy atom. The molecule has 0 aliphatic heterocycles. The zero-order chi connectivity index (χ0) is 22.8. The lowest BCUT2D eigenvalue weighted by Crippen LogP contribution is -1.95. The first-order valence-electron chi connectivity index (χ1n) is 15.2. The van der Waals surface area contributed by atoms with E-state index in [1.807, 2.05) is 0 Å². The summed E-state index contributed by atoms with van der Waals surface area (Å²) in [6.45, 7) is 9.48. The maximum atomic E-state index is 2.47. The predicted octanol–water partition coefficient (Wildman–Crippen LogP) is 12.1. The summed E-state index contributed by atoms with van der Waals surface area (Å²) < 4.78 is 0. The predicted molar refractivity (Wildman–Crippen MR) is 145 cm³/mol. The fourth-order valence-electron chi connectivity index (χ4n) is 4.94. The molecule has 0 fully saturated rings. The summed E-state index contributed by atoms with van der Waals surface area (Å²) in [6, 6.07) is 0. The van der Waals surface area contributed by atoms with Gasteiger partial charge in [-0.25, -0.2) is 0 Å². The van der Waals surface area contributed by atoms with Crippen LogP contribution in [-0.2, 0) is 0 Å². The minimum atomic E-state index is 0.897. The van der Waals surface area contributed by atoms with Crippen LogP contribution in [-0.4, -0.2) is 0 Å². The van der Waals surface area contributed by atoms with Crippen LogP contribution < -0.4 is 0 Å². The first-order chi connectivity index (χ1) is 15.2. The van der Waals surface area contributed by atoms with E-state index in [-0.39, 0.29) is 0 Å². The lowest BCUT2D eigenvalue weighted by molar-refractivity contribution is 0.433. The molecule has 0 amide bonds. The zero-order valence-electron chi connectivity index (χ0n) is 22.8. The van der Waals surface area contributed by atoms with Gasteiger partial charge in [-0.15, -0.1) is 0 Å². The van der Waals surface area contributed by atoms with E-state index in [0.717, 1.165) is 11.8 Å². The van der Waals surface area contributed by atoms with E-state index >= 15 is 0 Å². The van der Waals surface area contributed by atoms with Crippen LogP contribution in [0.1, 0.15) is 188 Å². The van der Waals surface area contributed by atoms with Gasteiger partial charge in [-0.3, -0.25) is 0 Å². The van der Waals surface area contributed by atoms with E-state index in [0.29, 0.717) is 0 Å². The molecule has 0 heteroatoms. The van der Waals surface area contributed by atoms with Crippen molar-refractivity contribution in [2.75, 3.05) is 0 Å². The van der Waals surface area contributed by atoms with Gasteiger partial charge in [0.25, 0.3) is 0 Å². The van der Waals surface area contributed by atoms with E-state index in [2.05, 4.69) is 27.7 Å². The third-order valence-corrected chi connectivity index (χ3v) is 7.28. The first-order valence-corrected chi connectivity index (χ1v) is 15.2. The van der Waals surface area contributed by atoms with Crippen molar-refractivity contribution in [1.82, 2.24) is 0 Å². The van der Waals surface area contributed by atoms with Crippen molar-refractivity contribution in [1.29, 1.82) is 0 Å². The first kappa shape index (κ1) is 31.0. The molecule has 0 aliphatic carbocycles. The van der Waals surface area contributed by atoms with E-state index in [9.17, 15) is 0 Å². The van der Waals surface area contributed by atoms with Gasteiger partial charge < -0.3 is 0 Å². The minimum absolute atomic E-state index is 0.897. The van der Waals surface area contributed by atoms with Crippen LogP contribution in [0.3, 0.4) is 0 Å². The second-order valence-electron chi connectivity index (χ2n) is 11.3. The largest absolute Gasteiger partial charge is 0.0654 e. The van der Waals surface area contributed by atoms with Crippen LogP contribution in [0.4, 0.5) is 0 Å². The normalized spacial score (nSPS) is 12.7. The van der Waals surface area contributed by atoms with Crippen molar-refractivity contribution >= 4 is 0 Å². The Bertz CT molecular complexity index is 305. The Kier molecular flexibility index (Phi) is 26.3. The standard InChI is InChI=1S/C31H64/c1-5-6-7-25-28-31(4)29-26-23-21-19-17-15-13-11-9-8-10-12-14-16-18-20-22-24-27-30(2)3/h30-31H,5-29H2,1-4H3. The van der Waals surface area contributed by atoms with Crippen LogP contribution in [0.15, 0.2) is 0 Å². The Hall–Kier alpha value is 0. The topological polar surface area (TPSA) is 0 Å². The summed E-state index contributed by atoms with van der Waals surface area (Å²) in [5.41, 5.74) is 0. The van der Waals surface area contributed by atoms with Crippen molar-refractivity contribution < 1.29 is 0 Å². The quantitative estimate of drug-likeness (QED) is 0.118. The molecule has 0 radical (unpaired) electrons. The third-order valence-electron chi connectivity index (χ3n) is 7.28. The highest BCUT2D eigenvalue weighted by molar-refractivity contribution is 4.56. The van der Waals surface area contributed by atoms with Gasteiger partial charge in [0.05, 0.1) is 0 Å². The summed E-state index contributed by atoms with van der Waals surface area (Å²) in [5, 5.41) is 0. The highest BCUT2D eigenvalue weighted by atomic mass is 14.1. The highest BCUT2D eigenvalue weighted by Gasteiger charge is 2.02. The Balaban J connectivity index is 3.08. The zero-order valence-corrected chi connectivity index (χ0v) is 22.8. The number of hydrogen-bond donors (Lipinski definition) is 0. The molecule has 0 aliphatic rings. The molecule has 0 N–H and O–H groups in total. The molecular weight excluding hydrogens is 372 g/mol. The van der Waals surface area contributed by atoms with Gasteiger partial charge in [-0.1, -0.05) is 188 Å². The summed E-state index contributed by atoms with van der Waals surface area (Å²) in [4.78, 5) is 0. The molecule has 0 bridgehead atoms. The van der Waals surface area contributed by atoms with Crippen LogP contribution >= 0.6 is 0 Å². The molecule has 0 heterocycles. The second-order valence-corrected chi connectivity index (χ2v) is 11.3. The van der Waals surface area contributed by atoms with E-state index < -0.39 is 0 Å². The van der Waals surface area contributed by atoms with Crippen molar-refractivity contribution in [2.45, 2.75) is 188 Å². The molecule has 1 atom stereocenters. The molecule has 0 aromatic rings. The molecule has 188 valence electrons. The lowest BCUT2D eigenvalue weighted by atomic mass is 9.96. The third kappa shape index (κ3) is 28.0. The van der Waals surface area contributed by atoms with E-state index in [1.54, 1.807) is 0 Å². The fourth-order valence-corrected chi connectivity index (χ4v) is 4.94. The summed E-state index contributed by atoms with van der Waals surface area (Å²) >= 11 is 0. The number of rotatable bonds is 26. The second kappa shape index (κ2) is 26.3. The van der Waals surface area contributed by atoms with Crippen LogP contribution in [0.5, 0.6) is 0 Å². The Morgan fingerprint density at radius 1 is 0.323 bits per heavy atom. The Morgan fingerprint density at radius 3 is 0.871 bits per heavy atom. The van der Waals surface area contributed by atoms with Crippen LogP contribution in [0.2, 0.25) is 0 Å². The molecule has 0 saturated carbocycles. The average molecular weight is 437 g/mol. The summed E-state index contributed by atoms with van der Waals surface area (Å²) in [5.74, 6) is 1.87. The molecule has 0 saturated heterocycles. The van der Waals surface area contributed by atoms with Gasteiger partial charge in [0.2, 0.25) is 0 Å². The summed E-state index contributed by atoms with van der Waals surface area (Å²) in [6.07, 6.45) is 36.8. The van der Waals surface area contributed by atoms with E-state index in [1.165, 1.54) is 161 Å². The maximum Gasteiger partial charge on any atom is -0.0443 e. The van der Waals surface area contributed by atoms with E-state index in [4.69, 9.17) is 0 Å². The molecule has 0 rings (SSSR count). The Labute approximate surface area is 200 Å². The summed E-state index contributed by atoms with van der Waals surface area (Å²) in [7, 11) is 0.